The fourth-order valence-corrected chi connectivity index (χ4v) is 3.95. The van der Waals surface area contributed by atoms with Gasteiger partial charge in [0.1, 0.15) is 5.58 Å². The molecule has 3 heterocycles. The maximum atomic E-state index is 12.8. The van der Waals surface area contributed by atoms with E-state index in [4.69, 9.17) is 18.6 Å². The molecule has 0 fully saturated rings. The average Bonchev–Trinajstić information content (AvgIpc) is 3.40. The number of ether oxygens (including phenoxy) is 3. The zero-order chi connectivity index (χ0) is 23.1. The van der Waals surface area contributed by atoms with Gasteiger partial charge in [-0.3, -0.25) is 9.59 Å². The molecule has 166 valence electrons. The van der Waals surface area contributed by atoms with E-state index in [1.165, 1.54) is 0 Å². The van der Waals surface area contributed by atoms with E-state index in [9.17, 15) is 14.4 Å². The van der Waals surface area contributed by atoms with Crippen LogP contribution in [-0.2, 0) is 4.74 Å². The zero-order valence-electron chi connectivity index (χ0n) is 17.9. The number of rotatable bonds is 5. The molecule has 5 rings (SSSR count). The lowest BCUT2D eigenvalue weighted by Gasteiger charge is -2.11. The molecule has 0 amide bonds. The number of Topliss-reactive ketones (excluding diaryl/α,β-unsaturated/α-hetero) is 1. The van der Waals surface area contributed by atoms with Gasteiger partial charge in [0.05, 0.1) is 5.39 Å². The molecule has 0 saturated heterocycles. The molecule has 0 atom stereocenters. The molecule has 0 spiro atoms. The van der Waals surface area contributed by atoms with Crippen LogP contribution in [0, 0.1) is 13.8 Å². The van der Waals surface area contributed by atoms with Crippen LogP contribution in [0.3, 0.4) is 0 Å². The van der Waals surface area contributed by atoms with Crippen molar-refractivity contribution in [2.75, 3.05) is 13.4 Å². The Balaban J connectivity index is 1.35. The third-order valence-electron chi connectivity index (χ3n) is 5.52. The van der Waals surface area contributed by atoms with Crippen LogP contribution in [0.1, 0.15) is 32.3 Å². The van der Waals surface area contributed by atoms with Crippen LogP contribution in [0.15, 0.2) is 63.8 Å². The molecule has 2 aromatic heterocycles. The number of para-hydroxylation sites is 1. The number of benzene rings is 2. The van der Waals surface area contributed by atoms with E-state index in [-0.39, 0.29) is 29.3 Å². The second-order valence-corrected chi connectivity index (χ2v) is 7.63. The van der Waals surface area contributed by atoms with E-state index in [0.717, 1.165) is 17.4 Å². The molecule has 4 aromatic rings. The largest absolute Gasteiger partial charge is 0.454 e. The molecule has 1 aliphatic heterocycles. The highest BCUT2D eigenvalue weighted by atomic mass is 16.7. The minimum atomic E-state index is -0.879. The number of ketones is 1. The Morgan fingerprint density at radius 3 is 2.64 bits per heavy atom. The summed E-state index contributed by atoms with van der Waals surface area (Å²) in [6, 6.07) is 14.9. The highest BCUT2D eigenvalue weighted by molar-refractivity contribution is 6.00. The van der Waals surface area contributed by atoms with E-state index in [1.807, 2.05) is 36.6 Å². The standard InChI is InChI=1S/C25H19NO7/c1-14-9-18(15(2)26(14)16-7-8-22-23(10-16)32-13-31-22)20(28)12-30-25(29)24-11-19(27)17-5-3-4-6-21(17)33-24/h3-11H,12-13H2,1-2H3. The summed E-state index contributed by atoms with van der Waals surface area (Å²) in [7, 11) is 0. The predicted octanol–water partition coefficient (Wildman–Crippen LogP) is 3.97. The minimum Gasteiger partial charge on any atom is -0.454 e. The summed E-state index contributed by atoms with van der Waals surface area (Å²) in [6.07, 6.45) is 0. The third kappa shape index (κ3) is 3.65. The Morgan fingerprint density at radius 1 is 1.00 bits per heavy atom. The first kappa shape index (κ1) is 20.6. The Bertz CT molecular complexity index is 1480. The highest BCUT2D eigenvalue weighted by Crippen LogP contribution is 2.35. The number of aryl methyl sites for hydroxylation is 1. The van der Waals surface area contributed by atoms with E-state index < -0.39 is 12.6 Å². The molecule has 33 heavy (non-hydrogen) atoms. The molecule has 0 radical (unpaired) electrons. The smallest absolute Gasteiger partial charge is 0.374 e. The Kier molecular flexibility index (Phi) is 4.97. The first-order valence-corrected chi connectivity index (χ1v) is 10.2. The second-order valence-electron chi connectivity index (χ2n) is 7.63. The van der Waals surface area contributed by atoms with Crippen LogP contribution in [-0.4, -0.2) is 29.7 Å². The van der Waals surface area contributed by atoms with Gasteiger partial charge in [-0.15, -0.1) is 0 Å². The lowest BCUT2D eigenvalue weighted by atomic mass is 10.1. The molecule has 0 saturated carbocycles. The van der Waals surface area contributed by atoms with Crippen LogP contribution >= 0.6 is 0 Å². The van der Waals surface area contributed by atoms with Gasteiger partial charge in [-0.25, -0.2) is 4.79 Å². The summed E-state index contributed by atoms with van der Waals surface area (Å²) in [5, 5.41) is 0.362. The fraction of sp³-hybridized carbons (Fsp3) is 0.160. The molecular weight excluding hydrogens is 426 g/mol. The van der Waals surface area contributed by atoms with Crippen molar-refractivity contribution in [3.8, 4) is 17.2 Å². The molecule has 8 nitrogen and oxygen atoms in total. The van der Waals surface area contributed by atoms with E-state index >= 15 is 0 Å². The predicted molar refractivity (Wildman–Crippen MR) is 118 cm³/mol. The quantitative estimate of drug-likeness (QED) is 0.339. The number of fused-ring (bicyclic) bond motifs is 2. The summed E-state index contributed by atoms with van der Waals surface area (Å²) in [4.78, 5) is 37.5. The van der Waals surface area contributed by atoms with Crippen molar-refractivity contribution in [3.05, 3.63) is 87.5 Å². The summed E-state index contributed by atoms with van der Waals surface area (Å²) in [5.41, 5.74) is 2.70. The van der Waals surface area contributed by atoms with Crippen molar-refractivity contribution in [2.45, 2.75) is 13.8 Å². The normalized spacial score (nSPS) is 12.2. The van der Waals surface area contributed by atoms with E-state index in [2.05, 4.69) is 0 Å². The minimum absolute atomic E-state index is 0.175. The molecule has 0 aliphatic carbocycles. The summed E-state index contributed by atoms with van der Waals surface area (Å²) in [6.45, 7) is 3.38. The fourth-order valence-electron chi connectivity index (χ4n) is 3.95. The third-order valence-corrected chi connectivity index (χ3v) is 5.52. The SMILES string of the molecule is Cc1cc(C(=O)COC(=O)c2cc(=O)c3ccccc3o2)c(C)n1-c1ccc2c(c1)OCO2. The second kappa shape index (κ2) is 7.98. The highest BCUT2D eigenvalue weighted by Gasteiger charge is 2.21. The first-order chi connectivity index (χ1) is 15.9. The zero-order valence-corrected chi connectivity index (χ0v) is 17.9. The van der Waals surface area contributed by atoms with Crippen LogP contribution < -0.4 is 14.9 Å². The van der Waals surface area contributed by atoms with Gasteiger partial charge in [-0.05, 0) is 44.2 Å². The summed E-state index contributed by atoms with van der Waals surface area (Å²) < 4.78 is 23.3. The van der Waals surface area contributed by atoms with Gasteiger partial charge in [-0.2, -0.15) is 0 Å². The molecule has 2 aromatic carbocycles. The molecule has 1 aliphatic rings. The van der Waals surface area contributed by atoms with Crippen molar-refractivity contribution in [1.82, 2.24) is 4.57 Å². The number of carbonyl (C=O) groups is 2. The van der Waals surface area contributed by atoms with Crippen LogP contribution in [0.5, 0.6) is 11.5 Å². The molecule has 0 bridgehead atoms. The molecular formula is C25H19NO7. The molecule has 8 heteroatoms. The lowest BCUT2D eigenvalue weighted by molar-refractivity contribution is 0.0444. The van der Waals surface area contributed by atoms with Gasteiger partial charge in [-0.1, -0.05) is 12.1 Å². The van der Waals surface area contributed by atoms with Crippen LogP contribution in [0.25, 0.3) is 16.7 Å². The number of carbonyl (C=O) groups excluding carboxylic acids is 2. The average molecular weight is 445 g/mol. The van der Waals surface area contributed by atoms with Crippen molar-refractivity contribution in [3.63, 3.8) is 0 Å². The van der Waals surface area contributed by atoms with Crippen molar-refractivity contribution in [1.29, 1.82) is 0 Å². The molecule has 0 unspecified atom stereocenters. The van der Waals surface area contributed by atoms with E-state index in [1.54, 1.807) is 30.3 Å². The number of hydrogen-bond donors (Lipinski definition) is 0. The van der Waals surface area contributed by atoms with Crippen LogP contribution in [0.2, 0.25) is 0 Å². The topological polar surface area (TPSA) is 97.0 Å². The van der Waals surface area contributed by atoms with Gasteiger partial charge in [0, 0.05) is 34.8 Å². The molecule has 0 N–H and O–H groups in total. The maximum absolute atomic E-state index is 12.8. The van der Waals surface area contributed by atoms with Gasteiger partial charge in [0.25, 0.3) is 0 Å². The number of esters is 1. The number of hydrogen-bond acceptors (Lipinski definition) is 7. The number of nitrogens with zero attached hydrogens (tertiary/aromatic N) is 1. The lowest BCUT2D eigenvalue weighted by Crippen LogP contribution is -2.16. The van der Waals surface area contributed by atoms with Crippen LogP contribution in [0.4, 0.5) is 0 Å². The van der Waals surface area contributed by atoms with Gasteiger partial charge in [0.15, 0.2) is 23.5 Å². The monoisotopic (exact) mass is 445 g/mol. The first-order valence-electron chi connectivity index (χ1n) is 10.2. The van der Waals surface area contributed by atoms with Crippen molar-refractivity contribution >= 4 is 22.7 Å². The summed E-state index contributed by atoms with van der Waals surface area (Å²) >= 11 is 0. The summed E-state index contributed by atoms with van der Waals surface area (Å²) in [5.74, 6) is -0.192. The van der Waals surface area contributed by atoms with Gasteiger partial charge < -0.3 is 23.2 Å². The Labute approximate surface area is 187 Å². The van der Waals surface area contributed by atoms with E-state index in [0.29, 0.717) is 28.1 Å². The Morgan fingerprint density at radius 2 is 1.79 bits per heavy atom. The van der Waals surface area contributed by atoms with Gasteiger partial charge >= 0.3 is 5.97 Å². The van der Waals surface area contributed by atoms with Crippen molar-refractivity contribution in [2.24, 2.45) is 0 Å². The van der Waals surface area contributed by atoms with Gasteiger partial charge in [0.2, 0.25) is 18.3 Å². The number of aromatic nitrogens is 1. The van der Waals surface area contributed by atoms with Crippen molar-refractivity contribution < 1.29 is 28.2 Å². The maximum Gasteiger partial charge on any atom is 0.374 e. The Hall–Kier alpha value is -4.33.